The van der Waals surface area contributed by atoms with Crippen molar-refractivity contribution in [3.05, 3.63) is 29.8 Å². The Morgan fingerprint density at radius 1 is 1.25 bits per heavy atom. The largest absolute Gasteiger partial charge is 0.491 e. The van der Waals surface area contributed by atoms with E-state index in [2.05, 4.69) is 22.3 Å². The van der Waals surface area contributed by atoms with Crippen LogP contribution in [-0.2, 0) is 0 Å². The van der Waals surface area contributed by atoms with Crippen LogP contribution >= 0.6 is 0 Å². The minimum absolute atomic E-state index is 0.161. The summed E-state index contributed by atoms with van der Waals surface area (Å²) < 4.78 is 5.94. The first-order chi connectivity index (χ1) is 9.72. The van der Waals surface area contributed by atoms with Crippen LogP contribution in [0.2, 0.25) is 0 Å². The Hall–Kier alpha value is -1.10. The molecule has 4 nitrogen and oxygen atoms in total. The van der Waals surface area contributed by atoms with E-state index in [0.29, 0.717) is 0 Å². The van der Waals surface area contributed by atoms with E-state index in [9.17, 15) is 5.11 Å². The smallest absolute Gasteiger partial charge is 0.124 e. The highest BCUT2D eigenvalue weighted by Gasteiger charge is 2.24. The Morgan fingerprint density at radius 2 is 1.95 bits per heavy atom. The molecule has 2 N–H and O–H groups in total. The van der Waals surface area contributed by atoms with Crippen LogP contribution in [-0.4, -0.2) is 48.9 Å². The molecular formula is C16H26N2O2. The number of para-hydroxylation sites is 1. The first kappa shape index (κ1) is 15.3. The number of benzene rings is 1. The SMILES string of the molecule is CC(C)Oc1ccccc1[C@@H](CCO)N1CCNCC1. The Morgan fingerprint density at radius 3 is 2.60 bits per heavy atom. The van der Waals surface area contributed by atoms with Crippen molar-refractivity contribution >= 4 is 0 Å². The fraction of sp³-hybridized carbons (Fsp3) is 0.625. The van der Waals surface area contributed by atoms with Gasteiger partial charge in [-0.15, -0.1) is 0 Å². The molecule has 0 aliphatic carbocycles. The molecule has 0 radical (unpaired) electrons. The molecule has 20 heavy (non-hydrogen) atoms. The summed E-state index contributed by atoms with van der Waals surface area (Å²) in [5.41, 5.74) is 1.19. The predicted molar refractivity (Wildman–Crippen MR) is 81.1 cm³/mol. The van der Waals surface area contributed by atoms with E-state index in [1.165, 1.54) is 5.56 Å². The third-order valence-electron chi connectivity index (χ3n) is 3.64. The van der Waals surface area contributed by atoms with Crippen LogP contribution in [0.25, 0.3) is 0 Å². The van der Waals surface area contributed by atoms with Gasteiger partial charge >= 0.3 is 0 Å². The standard InChI is InChI=1S/C16H26N2O2/c1-13(2)20-16-6-4-3-5-14(16)15(7-12-19)18-10-8-17-9-11-18/h3-6,13,15,17,19H,7-12H2,1-2H3/t15-/m1/s1. The van der Waals surface area contributed by atoms with Gasteiger partial charge < -0.3 is 15.2 Å². The van der Waals surface area contributed by atoms with Crippen LogP contribution < -0.4 is 10.1 Å². The number of hydrogen-bond donors (Lipinski definition) is 2. The maximum atomic E-state index is 9.42. The zero-order valence-corrected chi connectivity index (χ0v) is 12.5. The van der Waals surface area contributed by atoms with E-state index < -0.39 is 0 Å². The molecule has 4 heteroatoms. The van der Waals surface area contributed by atoms with E-state index in [0.717, 1.165) is 38.3 Å². The number of nitrogens with one attached hydrogen (secondary N) is 1. The molecule has 0 aromatic heterocycles. The number of aliphatic hydroxyl groups excluding tert-OH is 1. The van der Waals surface area contributed by atoms with E-state index in [4.69, 9.17) is 4.74 Å². The molecular weight excluding hydrogens is 252 g/mol. The quantitative estimate of drug-likeness (QED) is 0.833. The van der Waals surface area contributed by atoms with Crippen LogP contribution in [0.1, 0.15) is 31.9 Å². The van der Waals surface area contributed by atoms with Crippen LogP contribution in [0, 0.1) is 0 Å². The molecule has 1 aromatic rings. The fourth-order valence-corrected chi connectivity index (χ4v) is 2.77. The van der Waals surface area contributed by atoms with Crippen molar-refractivity contribution in [2.24, 2.45) is 0 Å². The van der Waals surface area contributed by atoms with Crippen LogP contribution in [0.3, 0.4) is 0 Å². The van der Waals surface area contributed by atoms with Gasteiger partial charge in [0, 0.05) is 44.4 Å². The molecule has 0 saturated carbocycles. The second-order valence-electron chi connectivity index (χ2n) is 5.52. The normalized spacial score (nSPS) is 18.2. The molecule has 112 valence electrons. The first-order valence-corrected chi connectivity index (χ1v) is 7.53. The third kappa shape index (κ3) is 3.95. The van der Waals surface area contributed by atoms with Crippen LogP contribution in [0.4, 0.5) is 0 Å². The lowest BCUT2D eigenvalue weighted by molar-refractivity contribution is 0.136. The third-order valence-corrected chi connectivity index (χ3v) is 3.64. The Bertz CT molecular complexity index is 403. The average molecular weight is 278 g/mol. The Balaban J connectivity index is 2.23. The van der Waals surface area contributed by atoms with Crippen LogP contribution in [0.5, 0.6) is 5.75 Å². The van der Waals surface area contributed by atoms with Crippen molar-refractivity contribution in [3.8, 4) is 5.75 Å². The summed E-state index contributed by atoms with van der Waals surface area (Å²) in [4.78, 5) is 2.44. The molecule has 1 heterocycles. The average Bonchev–Trinajstić information content (AvgIpc) is 2.46. The molecule has 1 aromatic carbocycles. The van der Waals surface area contributed by atoms with E-state index in [1.807, 2.05) is 26.0 Å². The van der Waals surface area contributed by atoms with Gasteiger partial charge in [0.05, 0.1) is 6.10 Å². The predicted octanol–water partition coefficient (Wildman–Crippen LogP) is 1.80. The summed E-state index contributed by atoms with van der Waals surface area (Å²) in [5, 5.41) is 12.8. The lowest BCUT2D eigenvalue weighted by atomic mass is 10.0. The highest BCUT2D eigenvalue weighted by molar-refractivity contribution is 5.36. The van der Waals surface area contributed by atoms with E-state index >= 15 is 0 Å². The van der Waals surface area contributed by atoms with Gasteiger partial charge in [0.25, 0.3) is 0 Å². The van der Waals surface area contributed by atoms with Crippen molar-refractivity contribution in [1.29, 1.82) is 0 Å². The summed E-state index contributed by atoms with van der Waals surface area (Å²) in [7, 11) is 0. The highest BCUT2D eigenvalue weighted by Crippen LogP contribution is 2.32. The zero-order chi connectivity index (χ0) is 14.4. The van der Waals surface area contributed by atoms with Gasteiger partial charge in [0.15, 0.2) is 0 Å². The van der Waals surface area contributed by atoms with Gasteiger partial charge in [-0.25, -0.2) is 0 Å². The second kappa shape index (κ2) is 7.62. The highest BCUT2D eigenvalue weighted by atomic mass is 16.5. The van der Waals surface area contributed by atoms with Crippen molar-refractivity contribution < 1.29 is 9.84 Å². The zero-order valence-electron chi connectivity index (χ0n) is 12.5. The molecule has 2 rings (SSSR count). The molecule has 0 unspecified atom stereocenters. The van der Waals surface area contributed by atoms with Crippen molar-refractivity contribution in [1.82, 2.24) is 10.2 Å². The molecule has 0 amide bonds. The van der Waals surface area contributed by atoms with Gasteiger partial charge in [-0.3, -0.25) is 4.90 Å². The number of nitrogens with zero attached hydrogens (tertiary/aromatic N) is 1. The molecule has 0 spiro atoms. The molecule has 1 fully saturated rings. The number of hydrogen-bond acceptors (Lipinski definition) is 4. The lowest BCUT2D eigenvalue weighted by Crippen LogP contribution is -2.45. The molecule has 1 aliphatic heterocycles. The second-order valence-corrected chi connectivity index (χ2v) is 5.52. The fourth-order valence-electron chi connectivity index (χ4n) is 2.77. The van der Waals surface area contributed by atoms with Crippen molar-refractivity contribution in [2.75, 3.05) is 32.8 Å². The Labute approximate surface area is 121 Å². The summed E-state index contributed by atoms with van der Waals surface area (Å²) in [6, 6.07) is 8.45. The number of piperazine rings is 1. The Kier molecular flexibility index (Phi) is 5.83. The summed E-state index contributed by atoms with van der Waals surface area (Å²) >= 11 is 0. The topological polar surface area (TPSA) is 44.7 Å². The van der Waals surface area contributed by atoms with Gasteiger partial charge in [0.2, 0.25) is 0 Å². The van der Waals surface area contributed by atoms with Gasteiger partial charge in [-0.1, -0.05) is 18.2 Å². The minimum Gasteiger partial charge on any atom is -0.491 e. The molecule has 0 bridgehead atoms. The van der Waals surface area contributed by atoms with Crippen molar-refractivity contribution in [2.45, 2.75) is 32.4 Å². The van der Waals surface area contributed by atoms with Crippen molar-refractivity contribution in [3.63, 3.8) is 0 Å². The van der Waals surface area contributed by atoms with E-state index in [1.54, 1.807) is 0 Å². The maximum absolute atomic E-state index is 9.42. The molecule has 1 aliphatic rings. The van der Waals surface area contributed by atoms with Crippen LogP contribution in [0.15, 0.2) is 24.3 Å². The molecule has 1 atom stereocenters. The van der Waals surface area contributed by atoms with Gasteiger partial charge in [-0.05, 0) is 26.3 Å². The number of aliphatic hydroxyl groups is 1. The summed E-state index contributed by atoms with van der Waals surface area (Å²) in [6.07, 6.45) is 0.910. The number of rotatable bonds is 6. The van der Waals surface area contributed by atoms with E-state index in [-0.39, 0.29) is 18.8 Å². The monoisotopic (exact) mass is 278 g/mol. The maximum Gasteiger partial charge on any atom is 0.124 e. The molecule has 1 saturated heterocycles. The summed E-state index contributed by atoms with van der Waals surface area (Å²) in [6.45, 7) is 8.33. The lowest BCUT2D eigenvalue weighted by Gasteiger charge is -2.35. The number of ether oxygens (including phenoxy) is 1. The first-order valence-electron chi connectivity index (χ1n) is 7.53. The van der Waals surface area contributed by atoms with Gasteiger partial charge in [-0.2, -0.15) is 0 Å². The summed E-state index contributed by atoms with van der Waals surface area (Å²) in [5.74, 6) is 0.944. The van der Waals surface area contributed by atoms with Gasteiger partial charge in [0.1, 0.15) is 5.75 Å². The minimum atomic E-state index is 0.161.